The van der Waals surface area contributed by atoms with E-state index >= 15 is 4.39 Å². The average molecular weight is 541 g/mol. The lowest BCUT2D eigenvalue weighted by molar-refractivity contribution is 0.351. The number of amidine groups is 1. The van der Waals surface area contributed by atoms with Crippen LogP contribution in [0, 0.1) is 17.0 Å². The number of benzene rings is 2. The number of aliphatic hydroxyl groups is 1. The van der Waals surface area contributed by atoms with E-state index in [1.807, 2.05) is 0 Å². The van der Waals surface area contributed by atoms with Crippen molar-refractivity contribution in [2.75, 3.05) is 19.5 Å². The third kappa shape index (κ3) is 6.74. The first-order chi connectivity index (χ1) is 18.5. The van der Waals surface area contributed by atoms with Crippen LogP contribution < -0.4 is 26.2 Å². The number of aromatic amines is 1. The molecular formula is C25H26F2N8O4. The van der Waals surface area contributed by atoms with Gasteiger partial charge in [0.1, 0.15) is 23.5 Å². The molecule has 39 heavy (non-hydrogen) atoms. The van der Waals surface area contributed by atoms with Crippen LogP contribution in [0.25, 0.3) is 5.95 Å². The van der Waals surface area contributed by atoms with Crippen molar-refractivity contribution in [1.82, 2.24) is 24.7 Å². The van der Waals surface area contributed by atoms with E-state index in [9.17, 15) is 9.18 Å². The van der Waals surface area contributed by atoms with Gasteiger partial charge >= 0.3 is 5.69 Å². The van der Waals surface area contributed by atoms with E-state index in [-0.39, 0.29) is 51.7 Å². The molecule has 0 amide bonds. The van der Waals surface area contributed by atoms with Gasteiger partial charge in [-0.3, -0.25) is 10.4 Å². The van der Waals surface area contributed by atoms with Crippen LogP contribution in [-0.4, -0.2) is 49.9 Å². The molecule has 0 aliphatic carbocycles. The Hall–Kier alpha value is -5.27. The highest BCUT2D eigenvalue weighted by Crippen LogP contribution is 2.35. The summed E-state index contributed by atoms with van der Waals surface area (Å²) in [6, 6.07) is 6.66. The molecule has 0 spiro atoms. The quantitative estimate of drug-likeness (QED) is 0.128. The molecule has 4 rings (SSSR count). The number of nitrogen functional groups attached to an aromatic ring is 1. The fourth-order valence-corrected chi connectivity index (χ4v) is 3.35. The maximum absolute atomic E-state index is 15.2. The highest BCUT2D eigenvalue weighted by molar-refractivity contribution is 5.95. The first kappa shape index (κ1) is 28.3. The van der Waals surface area contributed by atoms with Gasteiger partial charge in [-0.1, -0.05) is 6.58 Å². The standard InChI is InChI=1S/C22H20F2N8O3.C3H6O/c1-34-16-9-12(13(23)10-17(16)35-2)18(29-15-5-4-11(19(25)26)8-14(15)24)20-30-22(33)32(31-20)21-27-6-3-7-28-21;1-3(2)4/h3-10,18,29H,1-2H3,(H3,25,26)(H,30,31,33);4H,1H2,2H3. The number of hydrogen-bond acceptors (Lipinski definition) is 9. The molecular weight excluding hydrogens is 514 g/mol. The van der Waals surface area contributed by atoms with Gasteiger partial charge in [0, 0.05) is 29.6 Å². The topological polar surface area (TPSA) is 177 Å². The van der Waals surface area contributed by atoms with Crippen LogP contribution in [-0.2, 0) is 0 Å². The number of aliphatic hydroxyl groups excluding tert-OH is 1. The van der Waals surface area contributed by atoms with Crippen LogP contribution in [0.15, 0.2) is 65.9 Å². The summed E-state index contributed by atoms with van der Waals surface area (Å²) < 4.78 is 41.4. The van der Waals surface area contributed by atoms with Crippen molar-refractivity contribution in [3.05, 3.63) is 100 Å². The number of hydrogen-bond donors (Lipinski definition) is 5. The van der Waals surface area contributed by atoms with E-state index in [4.69, 9.17) is 25.7 Å². The Balaban J connectivity index is 0.000000983. The zero-order valence-corrected chi connectivity index (χ0v) is 21.2. The normalized spacial score (nSPS) is 11.1. The van der Waals surface area contributed by atoms with E-state index in [1.165, 1.54) is 51.7 Å². The maximum atomic E-state index is 15.2. The third-order valence-electron chi connectivity index (χ3n) is 5.04. The van der Waals surface area contributed by atoms with Crippen molar-refractivity contribution in [1.29, 1.82) is 5.41 Å². The van der Waals surface area contributed by atoms with Gasteiger partial charge in [-0.05, 0) is 37.3 Å². The fraction of sp³-hybridized carbons (Fsp3) is 0.160. The molecule has 2 aromatic carbocycles. The van der Waals surface area contributed by atoms with Crippen LogP contribution in [0.5, 0.6) is 11.5 Å². The van der Waals surface area contributed by atoms with E-state index in [2.05, 4.69) is 31.9 Å². The van der Waals surface area contributed by atoms with Crippen LogP contribution in [0.4, 0.5) is 14.5 Å². The highest BCUT2D eigenvalue weighted by atomic mass is 19.1. The Bertz CT molecular complexity index is 1540. The molecule has 0 aliphatic heterocycles. The first-order valence-electron chi connectivity index (χ1n) is 11.2. The SMILES string of the molecule is C=C(C)O.COc1cc(F)c(C(Nc2ccc(C(=N)N)cc2F)c2nn(-c3ncccn3)c(=O)[nH]2)cc1OC. The number of anilines is 1. The van der Waals surface area contributed by atoms with E-state index in [0.717, 1.165) is 16.8 Å². The molecule has 12 nitrogen and oxygen atoms in total. The molecule has 2 heterocycles. The Morgan fingerprint density at radius 1 is 1.15 bits per heavy atom. The molecule has 6 N–H and O–H groups in total. The number of H-pyrrole nitrogens is 1. The van der Waals surface area contributed by atoms with Crippen LogP contribution in [0.1, 0.15) is 29.9 Å². The summed E-state index contributed by atoms with van der Waals surface area (Å²) in [5, 5.41) is 22.4. The van der Waals surface area contributed by atoms with Gasteiger partial charge in [-0.2, -0.15) is 0 Å². The van der Waals surface area contributed by atoms with Crippen molar-refractivity contribution >= 4 is 11.5 Å². The summed E-state index contributed by atoms with van der Waals surface area (Å²) in [6.45, 7) is 4.64. The van der Waals surface area contributed by atoms with Gasteiger partial charge in [-0.15, -0.1) is 9.78 Å². The molecule has 0 bridgehead atoms. The Labute approximate surface area is 221 Å². The Morgan fingerprint density at radius 2 is 1.77 bits per heavy atom. The van der Waals surface area contributed by atoms with Crippen LogP contribution >= 0.6 is 0 Å². The second kappa shape index (κ2) is 12.3. The molecule has 14 heteroatoms. The van der Waals surface area contributed by atoms with Gasteiger partial charge in [0.25, 0.3) is 5.95 Å². The molecule has 0 fully saturated rings. The molecule has 0 radical (unpaired) electrons. The number of nitrogens with zero attached hydrogens (tertiary/aromatic N) is 4. The second-order valence-corrected chi connectivity index (χ2v) is 7.93. The largest absolute Gasteiger partial charge is 0.513 e. The summed E-state index contributed by atoms with van der Waals surface area (Å²) in [7, 11) is 2.74. The number of allylic oxidation sites excluding steroid dienone is 1. The minimum Gasteiger partial charge on any atom is -0.513 e. The smallest absolute Gasteiger partial charge is 0.350 e. The van der Waals surface area contributed by atoms with Crippen molar-refractivity contribution in [3.63, 3.8) is 0 Å². The Kier molecular flexibility index (Phi) is 8.94. The molecule has 204 valence electrons. The van der Waals surface area contributed by atoms with Crippen LogP contribution in [0.2, 0.25) is 0 Å². The van der Waals surface area contributed by atoms with Crippen molar-refractivity contribution in [3.8, 4) is 17.4 Å². The van der Waals surface area contributed by atoms with Gasteiger partial charge in [0.05, 0.1) is 25.7 Å². The molecule has 1 unspecified atom stereocenters. The molecule has 0 aliphatic rings. The Morgan fingerprint density at radius 3 is 2.33 bits per heavy atom. The molecule has 0 saturated heterocycles. The number of halogens is 2. The minimum absolute atomic E-state index is 0.0106. The fourth-order valence-electron chi connectivity index (χ4n) is 3.35. The lowest BCUT2D eigenvalue weighted by atomic mass is 10.0. The summed E-state index contributed by atoms with van der Waals surface area (Å²) in [5.41, 5.74) is 4.83. The zero-order chi connectivity index (χ0) is 28.7. The van der Waals surface area contributed by atoms with E-state index in [1.54, 1.807) is 6.07 Å². The molecule has 0 saturated carbocycles. The lowest BCUT2D eigenvalue weighted by Gasteiger charge is -2.21. The highest BCUT2D eigenvalue weighted by Gasteiger charge is 2.26. The van der Waals surface area contributed by atoms with Crippen molar-refractivity contribution < 1.29 is 23.4 Å². The van der Waals surface area contributed by atoms with Gasteiger partial charge in [0.15, 0.2) is 17.3 Å². The summed E-state index contributed by atoms with van der Waals surface area (Å²) in [4.78, 5) is 23.1. The van der Waals surface area contributed by atoms with Gasteiger partial charge < -0.3 is 25.6 Å². The number of rotatable bonds is 8. The average Bonchev–Trinajstić information content (AvgIpc) is 3.29. The summed E-state index contributed by atoms with van der Waals surface area (Å²) in [6.07, 6.45) is 2.86. The number of nitrogens with two attached hydrogens (primary N) is 1. The zero-order valence-electron chi connectivity index (χ0n) is 21.2. The summed E-state index contributed by atoms with van der Waals surface area (Å²) >= 11 is 0. The van der Waals surface area contributed by atoms with E-state index in [0.29, 0.717) is 0 Å². The minimum atomic E-state index is -1.19. The lowest BCUT2D eigenvalue weighted by Crippen LogP contribution is -2.18. The summed E-state index contributed by atoms with van der Waals surface area (Å²) in [5.74, 6) is -1.35. The number of nitrogens with one attached hydrogen (secondary N) is 3. The molecule has 4 aromatic rings. The maximum Gasteiger partial charge on any atom is 0.350 e. The predicted octanol–water partition coefficient (Wildman–Crippen LogP) is 3.21. The predicted molar refractivity (Wildman–Crippen MR) is 140 cm³/mol. The van der Waals surface area contributed by atoms with Gasteiger partial charge in [-0.25, -0.2) is 23.5 Å². The van der Waals surface area contributed by atoms with Crippen molar-refractivity contribution in [2.24, 2.45) is 5.73 Å². The molecule has 2 aromatic heterocycles. The van der Waals surface area contributed by atoms with Gasteiger partial charge in [0.2, 0.25) is 0 Å². The third-order valence-corrected chi connectivity index (χ3v) is 5.04. The van der Waals surface area contributed by atoms with E-state index < -0.39 is 23.4 Å². The first-order valence-corrected chi connectivity index (χ1v) is 11.2. The monoisotopic (exact) mass is 540 g/mol. The number of aromatic nitrogens is 5. The van der Waals surface area contributed by atoms with Crippen LogP contribution in [0.3, 0.4) is 0 Å². The number of ether oxygens (including phenoxy) is 2. The molecule has 1 atom stereocenters. The van der Waals surface area contributed by atoms with Crippen molar-refractivity contribution in [2.45, 2.75) is 13.0 Å². The second-order valence-electron chi connectivity index (χ2n) is 7.93. The number of methoxy groups -OCH3 is 2.